The molecule has 1 N–H and O–H groups in total. The fraction of sp³-hybridized carbons (Fsp3) is 0.375. The van der Waals surface area contributed by atoms with E-state index < -0.39 is 0 Å². The van der Waals surface area contributed by atoms with Crippen molar-refractivity contribution < 1.29 is 0 Å². The van der Waals surface area contributed by atoms with E-state index in [-0.39, 0.29) is 5.41 Å². The van der Waals surface area contributed by atoms with Crippen LogP contribution in [0.2, 0.25) is 0 Å². The Labute approximate surface area is 129 Å². The third-order valence-corrected chi connectivity index (χ3v) is 3.51. The van der Waals surface area contributed by atoms with Crippen molar-refractivity contribution in [2.75, 3.05) is 11.9 Å². The number of hydrogen-bond donors (Lipinski definition) is 1. The SMILES string of the molecule is CCNc1ncc2nnn(-c3ccc(C(C)(C)C)cc3)c2n1. The van der Waals surface area contributed by atoms with E-state index in [1.54, 1.807) is 10.9 Å². The third-order valence-electron chi connectivity index (χ3n) is 3.51. The van der Waals surface area contributed by atoms with Gasteiger partial charge in [0.05, 0.1) is 11.9 Å². The van der Waals surface area contributed by atoms with Crippen molar-refractivity contribution in [3.63, 3.8) is 0 Å². The van der Waals surface area contributed by atoms with Crippen LogP contribution in [-0.4, -0.2) is 31.5 Å². The zero-order valence-corrected chi connectivity index (χ0v) is 13.3. The summed E-state index contributed by atoms with van der Waals surface area (Å²) in [5.74, 6) is 0.588. The van der Waals surface area contributed by atoms with Gasteiger partial charge in [-0.15, -0.1) is 5.10 Å². The van der Waals surface area contributed by atoms with Gasteiger partial charge in [0.1, 0.15) is 0 Å². The number of hydrogen-bond acceptors (Lipinski definition) is 5. The molecule has 114 valence electrons. The lowest BCUT2D eigenvalue weighted by atomic mass is 9.87. The van der Waals surface area contributed by atoms with E-state index in [2.05, 4.69) is 58.5 Å². The minimum absolute atomic E-state index is 0.128. The van der Waals surface area contributed by atoms with Gasteiger partial charge in [-0.3, -0.25) is 0 Å². The molecular weight excluding hydrogens is 276 g/mol. The first-order chi connectivity index (χ1) is 10.5. The summed E-state index contributed by atoms with van der Waals surface area (Å²) in [6.45, 7) is 9.37. The van der Waals surface area contributed by atoms with Crippen LogP contribution in [0, 0.1) is 0 Å². The predicted octanol–water partition coefficient (Wildman–Crippen LogP) is 2.94. The quantitative estimate of drug-likeness (QED) is 0.804. The zero-order valence-electron chi connectivity index (χ0n) is 13.3. The van der Waals surface area contributed by atoms with Crippen LogP contribution < -0.4 is 5.32 Å². The van der Waals surface area contributed by atoms with Crippen molar-refractivity contribution in [2.24, 2.45) is 0 Å². The lowest BCUT2D eigenvalue weighted by Gasteiger charge is -2.19. The van der Waals surface area contributed by atoms with Crippen molar-refractivity contribution in [1.82, 2.24) is 25.0 Å². The van der Waals surface area contributed by atoms with E-state index in [1.807, 2.05) is 19.1 Å². The molecule has 0 atom stereocenters. The summed E-state index contributed by atoms with van der Waals surface area (Å²) in [5.41, 5.74) is 3.74. The fourth-order valence-electron chi connectivity index (χ4n) is 2.25. The highest BCUT2D eigenvalue weighted by molar-refractivity contribution is 5.71. The van der Waals surface area contributed by atoms with Gasteiger partial charge in [0, 0.05) is 6.54 Å². The minimum atomic E-state index is 0.128. The third kappa shape index (κ3) is 2.64. The molecule has 0 amide bonds. The van der Waals surface area contributed by atoms with Crippen LogP contribution in [0.5, 0.6) is 0 Å². The van der Waals surface area contributed by atoms with Crippen molar-refractivity contribution >= 4 is 17.1 Å². The van der Waals surface area contributed by atoms with Gasteiger partial charge >= 0.3 is 0 Å². The molecule has 6 heteroatoms. The maximum absolute atomic E-state index is 4.49. The molecule has 2 aromatic heterocycles. The summed E-state index contributed by atoms with van der Waals surface area (Å²) in [4.78, 5) is 8.70. The summed E-state index contributed by atoms with van der Waals surface area (Å²) in [6, 6.07) is 8.33. The maximum Gasteiger partial charge on any atom is 0.224 e. The molecule has 0 aliphatic rings. The summed E-state index contributed by atoms with van der Waals surface area (Å²) < 4.78 is 1.74. The molecule has 0 saturated heterocycles. The molecule has 1 aromatic carbocycles. The van der Waals surface area contributed by atoms with E-state index >= 15 is 0 Å². The van der Waals surface area contributed by atoms with Crippen molar-refractivity contribution in [3.05, 3.63) is 36.0 Å². The first-order valence-electron chi connectivity index (χ1n) is 7.42. The molecule has 0 bridgehead atoms. The van der Waals surface area contributed by atoms with Gasteiger partial charge in [-0.05, 0) is 30.0 Å². The van der Waals surface area contributed by atoms with Crippen LogP contribution in [0.4, 0.5) is 5.95 Å². The summed E-state index contributed by atoms with van der Waals surface area (Å²) in [7, 11) is 0. The monoisotopic (exact) mass is 296 g/mol. The number of aromatic nitrogens is 5. The number of benzene rings is 1. The molecule has 0 saturated carbocycles. The maximum atomic E-state index is 4.49. The molecular formula is C16H20N6. The standard InChI is InChI=1S/C16H20N6/c1-5-17-15-18-10-13-14(19-15)22(21-20-13)12-8-6-11(7-9-12)16(2,3)4/h6-10H,5H2,1-4H3,(H,17,18,19). The van der Waals surface area contributed by atoms with Gasteiger partial charge in [0.15, 0.2) is 11.2 Å². The second-order valence-electron chi connectivity index (χ2n) is 6.23. The molecule has 0 aliphatic carbocycles. The Bertz CT molecular complexity index is 782. The smallest absolute Gasteiger partial charge is 0.224 e. The largest absolute Gasteiger partial charge is 0.354 e. The lowest BCUT2D eigenvalue weighted by Crippen LogP contribution is -2.11. The van der Waals surface area contributed by atoms with Crippen molar-refractivity contribution in [1.29, 1.82) is 0 Å². The molecule has 0 spiro atoms. The molecule has 22 heavy (non-hydrogen) atoms. The van der Waals surface area contributed by atoms with Gasteiger partial charge < -0.3 is 5.32 Å². The van der Waals surface area contributed by atoms with Crippen molar-refractivity contribution in [2.45, 2.75) is 33.1 Å². The van der Waals surface area contributed by atoms with Crippen LogP contribution in [0.15, 0.2) is 30.5 Å². The van der Waals surface area contributed by atoms with E-state index in [9.17, 15) is 0 Å². The van der Waals surface area contributed by atoms with Crippen LogP contribution in [0.1, 0.15) is 33.3 Å². The average molecular weight is 296 g/mol. The minimum Gasteiger partial charge on any atom is -0.354 e. The van der Waals surface area contributed by atoms with Crippen LogP contribution in [0.25, 0.3) is 16.9 Å². The zero-order chi connectivity index (χ0) is 15.7. The Morgan fingerprint density at radius 1 is 1.14 bits per heavy atom. The molecule has 3 rings (SSSR count). The van der Waals surface area contributed by atoms with Crippen molar-refractivity contribution in [3.8, 4) is 5.69 Å². The Kier molecular flexibility index (Phi) is 3.52. The Morgan fingerprint density at radius 3 is 2.50 bits per heavy atom. The van der Waals surface area contributed by atoms with E-state index in [1.165, 1.54) is 5.56 Å². The molecule has 3 aromatic rings. The van der Waals surface area contributed by atoms with E-state index in [4.69, 9.17) is 0 Å². The second-order valence-corrected chi connectivity index (χ2v) is 6.23. The van der Waals surface area contributed by atoms with Gasteiger partial charge in [0.25, 0.3) is 0 Å². The molecule has 2 heterocycles. The van der Waals surface area contributed by atoms with Crippen LogP contribution in [0.3, 0.4) is 0 Å². The summed E-state index contributed by atoms with van der Waals surface area (Å²) >= 11 is 0. The van der Waals surface area contributed by atoms with Gasteiger partial charge in [-0.1, -0.05) is 38.1 Å². The van der Waals surface area contributed by atoms with E-state index in [0.29, 0.717) is 17.1 Å². The Hall–Kier alpha value is -2.50. The molecule has 0 aliphatic heterocycles. The number of fused-ring (bicyclic) bond motifs is 1. The van der Waals surface area contributed by atoms with Gasteiger partial charge in [-0.2, -0.15) is 9.67 Å². The average Bonchev–Trinajstić information content (AvgIpc) is 2.90. The molecule has 0 unspecified atom stereocenters. The summed E-state index contributed by atoms with van der Waals surface area (Å²) in [6.07, 6.45) is 1.69. The van der Waals surface area contributed by atoms with E-state index in [0.717, 1.165) is 12.2 Å². The lowest BCUT2D eigenvalue weighted by molar-refractivity contribution is 0.590. The number of anilines is 1. The van der Waals surface area contributed by atoms with Gasteiger partial charge in [-0.25, -0.2) is 4.98 Å². The van der Waals surface area contributed by atoms with Crippen LogP contribution in [-0.2, 0) is 5.41 Å². The Balaban J connectivity index is 2.04. The highest BCUT2D eigenvalue weighted by atomic mass is 15.4. The second kappa shape index (κ2) is 5.36. The fourth-order valence-corrected chi connectivity index (χ4v) is 2.25. The van der Waals surface area contributed by atoms with Gasteiger partial charge in [0.2, 0.25) is 5.95 Å². The predicted molar refractivity (Wildman–Crippen MR) is 87.3 cm³/mol. The highest BCUT2D eigenvalue weighted by Crippen LogP contribution is 2.23. The normalized spacial score (nSPS) is 11.8. The molecule has 0 fully saturated rings. The highest BCUT2D eigenvalue weighted by Gasteiger charge is 2.14. The number of rotatable bonds is 3. The van der Waals surface area contributed by atoms with Crippen LogP contribution >= 0.6 is 0 Å². The molecule has 6 nitrogen and oxygen atoms in total. The Morgan fingerprint density at radius 2 is 1.86 bits per heavy atom. The summed E-state index contributed by atoms with van der Waals surface area (Å²) in [5, 5.41) is 11.4. The number of nitrogens with one attached hydrogen (secondary N) is 1. The first-order valence-corrected chi connectivity index (χ1v) is 7.42. The number of nitrogens with zero attached hydrogens (tertiary/aromatic N) is 5. The topological polar surface area (TPSA) is 68.5 Å². The first kappa shape index (κ1) is 14.4. The molecule has 0 radical (unpaired) electrons.